The first-order valence-electron chi connectivity index (χ1n) is 10.8. The van der Waals surface area contributed by atoms with Crippen LogP contribution in [0, 0.1) is 0 Å². The van der Waals surface area contributed by atoms with Crippen LogP contribution in [0.3, 0.4) is 0 Å². The molecule has 0 aliphatic carbocycles. The van der Waals surface area contributed by atoms with Gasteiger partial charge >= 0.3 is 0 Å². The third-order valence-corrected chi connectivity index (χ3v) is 5.42. The molecule has 3 aromatic carbocycles. The Hall–Kier alpha value is -2.79. The molecule has 31 heavy (non-hydrogen) atoms. The van der Waals surface area contributed by atoms with Crippen molar-refractivity contribution < 1.29 is 14.2 Å². The minimum absolute atomic E-state index is 0.0896. The number of benzene rings is 3. The summed E-state index contributed by atoms with van der Waals surface area (Å²) in [5, 5.41) is 0. The lowest BCUT2D eigenvalue weighted by Crippen LogP contribution is -2.39. The Balaban J connectivity index is 1.40. The molecule has 0 saturated heterocycles. The molecule has 1 aliphatic rings. The Morgan fingerprint density at radius 2 is 1.13 bits per heavy atom. The van der Waals surface area contributed by atoms with Crippen LogP contribution < -0.4 is 0 Å². The summed E-state index contributed by atoms with van der Waals surface area (Å²) >= 11 is 0. The van der Waals surface area contributed by atoms with Crippen LogP contribution in [0.15, 0.2) is 96.0 Å². The smallest absolute Gasteiger partial charge is 0.124 e. The Morgan fingerprint density at radius 1 is 0.645 bits per heavy atom. The van der Waals surface area contributed by atoms with Crippen LogP contribution in [0.5, 0.6) is 0 Å². The molecular formula is C27H29NO3. The van der Waals surface area contributed by atoms with E-state index >= 15 is 0 Å². The molecule has 0 N–H and O–H groups in total. The van der Waals surface area contributed by atoms with Crippen molar-refractivity contribution in [1.82, 2.24) is 0 Å². The van der Waals surface area contributed by atoms with Crippen molar-refractivity contribution in [1.29, 1.82) is 0 Å². The molecule has 4 nitrogen and oxygen atoms in total. The Labute approximate surface area is 184 Å². The van der Waals surface area contributed by atoms with Gasteiger partial charge in [-0.15, -0.1) is 0 Å². The van der Waals surface area contributed by atoms with Crippen LogP contribution in [0.4, 0.5) is 0 Å². The van der Waals surface area contributed by atoms with Gasteiger partial charge in [-0.25, -0.2) is 0 Å². The Bertz CT molecular complexity index is 944. The van der Waals surface area contributed by atoms with Gasteiger partial charge in [0.05, 0.1) is 26.4 Å². The highest BCUT2D eigenvalue weighted by atomic mass is 16.5. The molecule has 3 aromatic rings. The first-order valence-corrected chi connectivity index (χ1v) is 10.8. The molecule has 0 fully saturated rings. The maximum Gasteiger partial charge on any atom is 0.124 e. The highest BCUT2D eigenvalue weighted by Crippen LogP contribution is 2.24. The van der Waals surface area contributed by atoms with E-state index in [-0.39, 0.29) is 18.2 Å². The highest BCUT2D eigenvalue weighted by molar-refractivity contribution is 5.89. The first-order chi connectivity index (χ1) is 15.3. The molecule has 1 aliphatic heterocycles. The van der Waals surface area contributed by atoms with Gasteiger partial charge in [0.1, 0.15) is 18.2 Å². The molecule has 0 amide bonds. The van der Waals surface area contributed by atoms with Crippen molar-refractivity contribution in [3.63, 3.8) is 0 Å². The maximum atomic E-state index is 6.36. The second-order valence-electron chi connectivity index (χ2n) is 7.82. The first kappa shape index (κ1) is 21.4. The topological polar surface area (TPSA) is 40.0 Å². The Morgan fingerprint density at radius 3 is 1.68 bits per heavy atom. The van der Waals surface area contributed by atoms with Crippen molar-refractivity contribution in [2.24, 2.45) is 4.99 Å². The van der Waals surface area contributed by atoms with Gasteiger partial charge in [0.25, 0.3) is 0 Å². The van der Waals surface area contributed by atoms with Crippen molar-refractivity contribution in [2.45, 2.75) is 45.0 Å². The number of hydrogen-bond donors (Lipinski definition) is 0. The monoisotopic (exact) mass is 415 g/mol. The highest BCUT2D eigenvalue weighted by Gasteiger charge is 2.39. The van der Waals surface area contributed by atoms with Gasteiger partial charge in [0.2, 0.25) is 0 Å². The number of nitrogens with zero attached hydrogens (tertiary/aromatic N) is 1. The van der Waals surface area contributed by atoms with Crippen molar-refractivity contribution in [3.8, 4) is 0 Å². The summed E-state index contributed by atoms with van der Waals surface area (Å²) in [5.41, 5.74) is 4.39. The molecule has 0 aromatic heterocycles. The fourth-order valence-electron chi connectivity index (χ4n) is 3.79. The van der Waals surface area contributed by atoms with Gasteiger partial charge in [-0.1, -0.05) is 91.0 Å². The van der Waals surface area contributed by atoms with E-state index in [1.807, 2.05) is 61.5 Å². The molecule has 0 bridgehead atoms. The number of aliphatic imine (C=N–C) groups is 1. The second-order valence-corrected chi connectivity index (χ2v) is 7.82. The molecule has 4 heteroatoms. The zero-order chi connectivity index (χ0) is 21.3. The predicted molar refractivity (Wildman–Crippen MR) is 123 cm³/mol. The molecular weight excluding hydrogens is 386 g/mol. The van der Waals surface area contributed by atoms with E-state index in [9.17, 15) is 0 Å². The minimum Gasteiger partial charge on any atom is -0.374 e. The number of rotatable bonds is 10. The molecule has 3 atom stereocenters. The van der Waals surface area contributed by atoms with E-state index in [0.29, 0.717) is 26.4 Å². The van der Waals surface area contributed by atoms with Crippen LogP contribution in [0.1, 0.15) is 23.6 Å². The Kier molecular flexibility index (Phi) is 7.61. The maximum absolute atomic E-state index is 6.36. The van der Waals surface area contributed by atoms with E-state index < -0.39 is 0 Å². The van der Waals surface area contributed by atoms with Crippen LogP contribution >= 0.6 is 0 Å². The lowest BCUT2D eigenvalue weighted by atomic mass is 10.1. The van der Waals surface area contributed by atoms with E-state index in [4.69, 9.17) is 19.2 Å². The van der Waals surface area contributed by atoms with Crippen LogP contribution in [-0.4, -0.2) is 30.6 Å². The third-order valence-electron chi connectivity index (χ3n) is 5.42. The molecule has 0 saturated carbocycles. The largest absolute Gasteiger partial charge is 0.374 e. The summed E-state index contributed by atoms with van der Waals surface area (Å²) in [6.07, 6.45) is -0.367. The molecule has 160 valence electrons. The van der Waals surface area contributed by atoms with Crippen LogP contribution in [0.2, 0.25) is 0 Å². The molecule has 1 heterocycles. The van der Waals surface area contributed by atoms with E-state index in [1.165, 1.54) is 0 Å². The van der Waals surface area contributed by atoms with Gasteiger partial charge in [0.15, 0.2) is 0 Å². The van der Waals surface area contributed by atoms with Gasteiger partial charge in [-0.3, -0.25) is 4.99 Å². The van der Waals surface area contributed by atoms with Crippen LogP contribution in [0.25, 0.3) is 0 Å². The average Bonchev–Trinajstić information content (AvgIpc) is 3.12. The van der Waals surface area contributed by atoms with E-state index in [1.54, 1.807) is 0 Å². The van der Waals surface area contributed by atoms with Crippen molar-refractivity contribution in [2.75, 3.05) is 6.61 Å². The summed E-state index contributed by atoms with van der Waals surface area (Å²) in [7, 11) is 0. The van der Waals surface area contributed by atoms with Gasteiger partial charge in [0, 0.05) is 5.71 Å². The quantitative estimate of drug-likeness (QED) is 0.456. The number of hydrogen-bond acceptors (Lipinski definition) is 4. The summed E-state index contributed by atoms with van der Waals surface area (Å²) in [6.45, 7) is 4.13. The van der Waals surface area contributed by atoms with Gasteiger partial charge in [-0.05, 0) is 23.6 Å². The van der Waals surface area contributed by atoms with Crippen molar-refractivity contribution in [3.05, 3.63) is 108 Å². The molecule has 0 spiro atoms. The van der Waals surface area contributed by atoms with E-state index in [0.717, 1.165) is 22.4 Å². The number of ether oxygens (including phenoxy) is 3. The fourth-order valence-corrected chi connectivity index (χ4v) is 3.79. The van der Waals surface area contributed by atoms with Gasteiger partial charge < -0.3 is 14.2 Å². The minimum atomic E-state index is -0.186. The lowest BCUT2D eigenvalue weighted by molar-refractivity contribution is -0.0693. The molecule has 0 radical (unpaired) electrons. The normalized spacial score (nSPS) is 20.5. The van der Waals surface area contributed by atoms with Gasteiger partial charge in [-0.2, -0.15) is 0 Å². The predicted octanol–water partition coefficient (Wildman–Crippen LogP) is 5.22. The lowest BCUT2D eigenvalue weighted by Gasteiger charge is -2.25. The molecule has 0 unspecified atom stereocenters. The summed E-state index contributed by atoms with van der Waals surface area (Å²) in [6, 6.07) is 30.5. The second kappa shape index (κ2) is 11.0. The molecule has 4 rings (SSSR count). The third kappa shape index (κ3) is 6.11. The zero-order valence-corrected chi connectivity index (χ0v) is 17.9. The standard InChI is InChI=1S/C27H29NO3/c1-21-26(30-18-23-13-7-3-8-14-23)27(31-19-24-15-9-4-10-16-24)25(28-21)20-29-17-22-11-5-2-6-12-22/h2-16,25-27H,17-20H2,1H3/t25-,26+,27+/m0/s1. The zero-order valence-electron chi connectivity index (χ0n) is 17.9. The summed E-state index contributed by atoms with van der Waals surface area (Å²) in [5.74, 6) is 0. The fraction of sp³-hybridized carbons (Fsp3) is 0.296. The van der Waals surface area contributed by atoms with E-state index in [2.05, 4.69) is 36.4 Å². The van der Waals surface area contributed by atoms with Crippen LogP contribution in [-0.2, 0) is 34.0 Å². The summed E-state index contributed by atoms with van der Waals surface area (Å²) in [4.78, 5) is 4.85. The summed E-state index contributed by atoms with van der Waals surface area (Å²) < 4.78 is 18.6. The van der Waals surface area contributed by atoms with Crippen molar-refractivity contribution >= 4 is 5.71 Å². The SMILES string of the molecule is CC1=N[C@@H](COCc2ccccc2)[C@@H](OCc2ccccc2)[C@@H]1OCc1ccccc1. The average molecular weight is 416 g/mol.